The van der Waals surface area contributed by atoms with E-state index in [2.05, 4.69) is 26.2 Å². The molecule has 0 aliphatic carbocycles. The maximum absolute atomic E-state index is 11.9. The second-order valence-electron chi connectivity index (χ2n) is 5.28. The van der Waals surface area contributed by atoms with E-state index in [4.69, 9.17) is 16.3 Å². The highest BCUT2D eigenvalue weighted by atomic mass is 79.9. The van der Waals surface area contributed by atoms with Crippen molar-refractivity contribution in [2.75, 3.05) is 6.61 Å². The summed E-state index contributed by atoms with van der Waals surface area (Å²) in [6, 6.07) is 13.1. The number of nitrogens with zero attached hydrogens (tertiary/aromatic N) is 2. The molecule has 1 aromatic heterocycles. The van der Waals surface area contributed by atoms with Crippen LogP contribution in [0.3, 0.4) is 0 Å². The SMILES string of the molecule is O=C(COc1ccc(Br)cc1Cl)NCc1ccc(-n2ccnc2)cc1. The van der Waals surface area contributed by atoms with Crippen LogP contribution < -0.4 is 10.1 Å². The quantitative estimate of drug-likeness (QED) is 0.656. The van der Waals surface area contributed by atoms with Crippen LogP contribution in [-0.4, -0.2) is 22.1 Å². The molecule has 3 rings (SSSR count). The minimum absolute atomic E-state index is 0.0888. The Balaban J connectivity index is 1.49. The molecule has 0 fully saturated rings. The number of carbonyl (C=O) groups excluding carboxylic acids is 1. The van der Waals surface area contributed by atoms with Gasteiger partial charge in [0.15, 0.2) is 6.61 Å². The first-order valence-corrected chi connectivity index (χ1v) is 8.71. The number of ether oxygens (including phenoxy) is 1. The Morgan fingerprint density at radius 1 is 1.24 bits per heavy atom. The molecule has 0 unspecified atom stereocenters. The van der Waals surface area contributed by atoms with Crippen molar-refractivity contribution < 1.29 is 9.53 Å². The van der Waals surface area contributed by atoms with E-state index in [9.17, 15) is 4.79 Å². The zero-order valence-electron chi connectivity index (χ0n) is 13.2. The lowest BCUT2D eigenvalue weighted by molar-refractivity contribution is -0.123. The van der Waals surface area contributed by atoms with Gasteiger partial charge < -0.3 is 14.6 Å². The number of carbonyl (C=O) groups is 1. The van der Waals surface area contributed by atoms with Crippen LogP contribution in [0.5, 0.6) is 5.75 Å². The summed E-state index contributed by atoms with van der Waals surface area (Å²) >= 11 is 9.37. The largest absolute Gasteiger partial charge is 0.482 e. The van der Waals surface area contributed by atoms with Gasteiger partial charge in [-0.3, -0.25) is 4.79 Å². The highest BCUT2D eigenvalue weighted by molar-refractivity contribution is 9.10. The monoisotopic (exact) mass is 419 g/mol. The fourth-order valence-corrected chi connectivity index (χ4v) is 2.91. The predicted molar refractivity (Wildman–Crippen MR) is 100 cm³/mol. The van der Waals surface area contributed by atoms with Crippen molar-refractivity contribution in [1.29, 1.82) is 0 Å². The summed E-state index contributed by atoms with van der Waals surface area (Å²) in [4.78, 5) is 15.9. The van der Waals surface area contributed by atoms with Gasteiger partial charge >= 0.3 is 0 Å². The first kappa shape index (κ1) is 17.5. The molecule has 0 saturated heterocycles. The number of hydrogen-bond acceptors (Lipinski definition) is 3. The van der Waals surface area contributed by atoms with Crippen molar-refractivity contribution >= 4 is 33.4 Å². The third-order valence-corrected chi connectivity index (χ3v) is 4.27. The van der Waals surface area contributed by atoms with Gasteiger partial charge in [0.2, 0.25) is 0 Å². The maximum Gasteiger partial charge on any atom is 0.258 e. The minimum atomic E-state index is -0.210. The fraction of sp³-hybridized carbons (Fsp3) is 0.111. The second kappa shape index (κ2) is 8.18. The molecule has 0 spiro atoms. The molecule has 0 aliphatic rings. The summed E-state index contributed by atoms with van der Waals surface area (Å²) < 4.78 is 8.20. The molecule has 1 N–H and O–H groups in total. The van der Waals surface area contributed by atoms with E-state index < -0.39 is 0 Å². The molecule has 25 heavy (non-hydrogen) atoms. The van der Waals surface area contributed by atoms with Crippen molar-refractivity contribution in [3.63, 3.8) is 0 Å². The van der Waals surface area contributed by atoms with Crippen molar-refractivity contribution in [2.24, 2.45) is 0 Å². The van der Waals surface area contributed by atoms with Crippen molar-refractivity contribution in [2.45, 2.75) is 6.54 Å². The van der Waals surface area contributed by atoms with Gasteiger partial charge in [-0.2, -0.15) is 0 Å². The average Bonchev–Trinajstić information content (AvgIpc) is 3.14. The summed E-state index contributed by atoms with van der Waals surface area (Å²) in [6.45, 7) is 0.342. The summed E-state index contributed by atoms with van der Waals surface area (Å²) in [5.74, 6) is 0.266. The van der Waals surface area contributed by atoms with Crippen molar-refractivity contribution in [1.82, 2.24) is 14.9 Å². The van der Waals surface area contributed by atoms with Crippen LogP contribution in [0.1, 0.15) is 5.56 Å². The number of aromatic nitrogens is 2. The molecule has 0 radical (unpaired) electrons. The van der Waals surface area contributed by atoms with Crippen LogP contribution in [0, 0.1) is 0 Å². The molecule has 3 aromatic rings. The van der Waals surface area contributed by atoms with E-state index in [1.807, 2.05) is 35.0 Å². The van der Waals surface area contributed by atoms with E-state index in [-0.39, 0.29) is 12.5 Å². The van der Waals surface area contributed by atoms with Crippen LogP contribution >= 0.6 is 27.5 Å². The molecule has 5 nitrogen and oxygen atoms in total. The van der Waals surface area contributed by atoms with E-state index in [0.29, 0.717) is 17.3 Å². The standard InChI is InChI=1S/C18H15BrClN3O2/c19-14-3-6-17(16(20)9-14)25-11-18(24)22-10-13-1-4-15(5-2-13)23-8-7-21-12-23/h1-9,12H,10-11H2,(H,22,24). The molecule has 0 atom stereocenters. The Hall–Kier alpha value is -2.31. The highest BCUT2D eigenvalue weighted by Crippen LogP contribution is 2.27. The summed E-state index contributed by atoms with van der Waals surface area (Å²) in [7, 11) is 0. The third kappa shape index (κ3) is 4.84. The molecule has 0 saturated carbocycles. The molecule has 7 heteroatoms. The average molecular weight is 421 g/mol. The van der Waals surface area contributed by atoms with Crippen LogP contribution in [0.2, 0.25) is 5.02 Å². The smallest absolute Gasteiger partial charge is 0.258 e. The van der Waals surface area contributed by atoms with Crippen molar-refractivity contribution in [3.8, 4) is 11.4 Å². The number of rotatable bonds is 6. The Morgan fingerprint density at radius 2 is 2.04 bits per heavy atom. The van der Waals surface area contributed by atoms with E-state index in [1.54, 1.807) is 30.7 Å². The normalized spacial score (nSPS) is 10.5. The first-order chi connectivity index (χ1) is 12.1. The lowest BCUT2D eigenvalue weighted by Gasteiger charge is -2.09. The van der Waals surface area contributed by atoms with E-state index in [0.717, 1.165) is 15.7 Å². The zero-order chi connectivity index (χ0) is 17.6. The van der Waals surface area contributed by atoms with Gasteiger partial charge in [-0.15, -0.1) is 0 Å². The lowest BCUT2D eigenvalue weighted by Crippen LogP contribution is -2.28. The number of halogens is 2. The second-order valence-corrected chi connectivity index (χ2v) is 6.60. The van der Waals surface area contributed by atoms with Crippen LogP contribution in [-0.2, 0) is 11.3 Å². The molecule has 128 valence electrons. The van der Waals surface area contributed by atoms with Gasteiger partial charge in [-0.05, 0) is 35.9 Å². The molecule has 1 heterocycles. The lowest BCUT2D eigenvalue weighted by atomic mass is 10.2. The van der Waals surface area contributed by atoms with Crippen LogP contribution in [0.25, 0.3) is 5.69 Å². The maximum atomic E-state index is 11.9. The van der Waals surface area contributed by atoms with E-state index >= 15 is 0 Å². The fourth-order valence-electron chi connectivity index (χ4n) is 2.19. The van der Waals surface area contributed by atoms with E-state index in [1.165, 1.54) is 0 Å². The minimum Gasteiger partial charge on any atom is -0.482 e. The molecule has 0 bridgehead atoms. The first-order valence-electron chi connectivity index (χ1n) is 7.53. The third-order valence-electron chi connectivity index (χ3n) is 3.48. The summed E-state index contributed by atoms with van der Waals surface area (Å²) in [5.41, 5.74) is 2.01. The molecule has 2 aromatic carbocycles. The van der Waals surface area contributed by atoms with Gasteiger partial charge in [-0.1, -0.05) is 39.7 Å². The molecule has 1 amide bonds. The molecular formula is C18H15BrClN3O2. The highest BCUT2D eigenvalue weighted by Gasteiger charge is 2.06. The Labute approximate surface area is 158 Å². The van der Waals surface area contributed by atoms with Gasteiger partial charge in [0, 0.05) is 29.1 Å². The Kier molecular flexibility index (Phi) is 5.73. The number of hydrogen-bond donors (Lipinski definition) is 1. The number of nitrogens with one attached hydrogen (secondary N) is 1. The zero-order valence-corrected chi connectivity index (χ0v) is 15.5. The van der Waals surface area contributed by atoms with Gasteiger partial charge in [0.1, 0.15) is 5.75 Å². The Morgan fingerprint density at radius 3 is 2.72 bits per heavy atom. The van der Waals surface area contributed by atoms with Crippen LogP contribution in [0.4, 0.5) is 0 Å². The van der Waals surface area contributed by atoms with Gasteiger partial charge in [-0.25, -0.2) is 4.98 Å². The summed E-state index contributed by atoms with van der Waals surface area (Å²) in [6.07, 6.45) is 5.34. The molecule has 0 aliphatic heterocycles. The number of imidazole rings is 1. The number of benzene rings is 2. The predicted octanol–water partition coefficient (Wildman–Crippen LogP) is 3.98. The van der Waals surface area contributed by atoms with Gasteiger partial charge in [0.25, 0.3) is 5.91 Å². The van der Waals surface area contributed by atoms with Gasteiger partial charge in [0.05, 0.1) is 11.3 Å². The Bertz CT molecular complexity index is 851. The summed E-state index contributed by atoms with van der Waals surface area (Å²) in [5, 5.41) is 3.27. The van der Waals surface area contributed by atoms with Crippen LogP contribution in [0.15, 0.2) is 65.7 Å². The molecular weight excluding hydrogens is 406 g/mol. The number of amides is 1. The van der Waals surface area contributed by atoms with Crippen molar-refractivity contribution in [3.05, 3.63) is 76.2 Å². The topological polar surface area (TPSA) is 56.1 Å².